The molecule has 1 atom stereocenters. The number of rotatable bonds is 4. The van der Waals surface area contributed by atoms with E-state index in [1.807, 2.05) is 60.7 Å². The standard InChI is InChI=1S/C20H22N2O3/c1-20(18(23)21-17-11-6-3-7-12-17)13-8-14-22(20)19(24)25-15-16-9-4-2-5-10-16/h2-7,9-12H,8,13-15H2,1H3,(H,21,23). The van der Waals surface area contributed by atoms with Crippen molar-refractivity contribution in [3.05, 3.63) is 66.2 Å². The summed E-state index contributed by atoms with van der Waals surface area (Å²) in [7, 11) is 0. The minimum Gasteiger partial charge on any atom is -0.445 e. The molecule has 0 saturated carbocycles. The van der Waals surface area contributed by atoms with Crippen molar-refractivity contribution in [3.8, 4) is 0 Å². The molecule has 0 bridgehead atoms. The topological polar surface area (TPSA) is 58.6 Å². The Morgan fingerprint density at radius 2 is 1.72 bits per heavy atom. The number of hydrogen-bond acceptors (Lipinski definition) is 3. The molecule has 1 N–H and O–H groups in total. The van der Waals surface area contributed by atoms with Crippen LogP contribution in [0.3, 0.4) is 0 Å². The number of benzene rings is 2. The molecule has 1 aliphatic rings. The van der Waals surface area contributed by atoms with Crippen molar-refractivity contribution in [1.82, 2.24) is 4.90 Å². The van der Waals surface area contributed by atoms with Gasteiger partial charge in [-0.2, -0.15) is 0 Å². The Labute approximate surface area is 147 Å². The van der Waals surface area contributed by atoms with E-state index >= 15 is 0 Å². The zero-order valence-electron chi connectivity index (χ0n) is 14.3. The van der Waals surface area contributed by atoms with Gasteiger partial charge in [-0.3, -0.25) is 9.69 Å². The van der Waals surface area contributed by atoms with Gasteiger partial charge in [0.15, 0.2) is 0 Å². The largest absolute Gasteiger partial charge is 0.445 e. The number of para-hydroxylation sites is 1. The summed E-state index contributed by atoms with van der Waals surface area (Å²) in [6.07, 6.45) is 0.942. The second kappa shape index (κ2) is 7.38. The Morgan fingerprint density at radius 1 is 1.08 bits per heavy atom. The fourth-order valence-corrected chi connectivity index (χ4v) is 3.08. The first kappa shape index (κ1) is 17.0. The Hall–Kier alpha value is -2.82. The zero-order valence-corrected chi connectivity index (χ0v) is 14.3. The van der Waals surface area contributed by atoms with Crippen molar-refractivity contribution in [1.29, 1.82) is 0 Å². The van der Waals surface area contributed by atoms with Gasteiger partial charge in [-0.15, -0.1) is 0 Å². The molecule has 2 amide bonds. The number of carbonyl (C=O) groups excluding carboxylic acids is 2. The van der Waals surface area contributed by atoms with E-state index in [0.29, 0.717) is 13.0 Å². The Morgan fingerprint density at radius 3 is 2.40 bits per heavy atom. The van der Waals surface area contributed by atoms with Crippen LogP contribution < -0.4 is 5.32 Å². The minimum absolute atomic E-state index is 0.187. The fourth-order valence-electron chi connectivity index (χ4n) is 3.08. The molecular weight excluding hydrogens is 316 g/mol. The molecule has 1 fully saturated rings. The van der Waals surface area contributed by atoms with Crippen LogP contribution in [0.15, 0.2) is 60.7 Å². The van der Waals surface area contributed by atoms with Gasteiger partial charge in [0.2, 0.25) is 5.91 Å². The molecule has 2 aromatic rings. The number of amides is 2. The third-order valence-electron chi connectivity index (χ3n) is 4.59. The van der Waals surface area contributed by atoms with Crippen LogP contribution in [0.2, 0.25) is 0 Å². The van der Waals surface area contributed by atoms with Crippen molar-refractivity contribution >= 4 is 17.7 Å². The van der Waals surface area contributed by atoms with Crippen LogP contribution in [0.1, 0.15) is 25.3 Å². The Bertz CT molecular complexity index is 733. The first-order valence-electron chi connectivity index (χ1n) is 8.44. The van der Waals surface area contributed by atoms with Crippen molar-refractivity contribution in [2.24, 2.45) is 0 Å². The van der Waals surface area contributed by atoms with Crippen molar-refractivity contribution in [3.63, 3.8) is 0 Å². The maximum Gasteiger partial charge on any atom is 0.410 e. The zero-order chi connectivity index (χ0) is 17.7. The molecule has 2 aromatic carbocycles. The number of nitrogens with zero attached hydrogens (tertiary/aromatic N) is 1. The Kier molecular flexibility index (Phi) is 5.03. The second-order valence-electron chi connectivity index (χ2n) is 6.39. The average Bonchev–Trinajstić information content (AvgIpc) is 3.04. The van der Waals surface area contributed by atoms with Crippen LogP contribution in [0.25, 0.3) is 0 Å². The normalized spacial score (nSPS) is 19.5. The van der Waals surface area contributed by atoms with Crippen LogP contribution in [0.4, 0.5) is 10.5 Å². The summed E-state index contributed by atoms with van der Waals surface area (Å²) in [6.45, 7) is 2.51. The minimum atomic E-state index is -0.899. The van der Waals surface area contributed by atoms with Gasteiger partial charge in [0, 0.05) is 12.2 Å². The highest BCUT2D eigenvalue weighted by Crippen LogP contribution is 2.31. The maximum absolute atomic E-state index is 12.8. The van der Waals surface area contributed by atoms with Crippen LogP contribution >= 0.6 is 0 Å². The van der Waals surface area contributed by atoms with E-state index in [0.717, 1.165) is 17.7 Å². The highest BCUT2D eigenvalue weighted by Gasteiger charge is 2.46. The number of likely N-dealkylation sites (tertiary alicyclic amines) is 1. The third-order valence-corrected chi connectivity index (χ3v) is 4.59. The molecule has 25 heavy (non-hydrogen) atoms. The molecule has 3 rings (SSSR count). The first-order valence-corrected chi connectivity index (χ1v) is 8.44. The number of nitrogens with one attached hydrogen (secondary N) is 1. The lowest BCUT2D eigenvalue weighted by molar-refractivity contribution is -0.125. The molecule has 5 nitrogen and oxygen atoms in total. The lowest BCUT2D eigenvalue weighted by atomic mass is 9.98. The highest BCUT2D eigenvalue weighted by atomic mass is 16.6. The summed E-state index contributed by atoms with van der Waals surface area (Å²) in [6, 6.07) is 18.8. The summed E-state index contributed by atoms with van der Waals surface area (Å²) in [5, 5.41) is 2.89. The van der Waals surface area contributed by atoms with E-state index in [2.05, 4.69) is 5.32 Å². The van der Waals surface area contributed by atoms with Gasteiger partial charge in [0.25, 0.3) is 0 Å². The van der Waals surface area contributed by atoms with E-state index in [9.17, 15) is 9.59 Å². The van der Waals surface area contributed by atoms with E-state index in [1.54, 1.807) is 6.92 Å². The number of hydrogen-bond donors (Lipinski definition) is 1. The second-order valence-corrected chi connectivity index (χ2v) is 6.39. The molecule has 1 heterocycles. The van der Waals surface area contributed by atoms with E-state index in [1.165, 1.54) is 4.90 Å². The molecule has 1 saturated heterocycles. The van der Waals surface area contributed by atoms with Crippen LogP contribution in [-0.2, 0) is 16.1 Å². The number of ether oxygens (including phenoxy) is 1. The number of anilines is 1. The summed E-state index contributed by atoms with van der Waals surface area (Å²) in [5.41, 5.74) is 0.743. The smallest absolute Gasteiger partial charge is 0.410 e. The molecule has 0 aromatic heterocycles. The maximum atomic E-state index is 12.8. The van der Waals surface area contributed by atoms with E-state index in [-0.39, 0.29) is 12.5 Å². The molecule has 1 unspecified atom stereocenters. The Balaban J connectivity index is 1.65. The summed E-state index contributed by atoms with van der Waals surface area (Å²) in [4.78, 5) is 26.8. The molecule has 5 heteroatoms. The predicted octanol–water partition coefficient (Wildman–Crippen LogP) is 3.82. The number of carbonyl (C=O) groups is 2. The van der Waals surface area contributed by atoms with Crippen molar-refractivity contribution in [2.45, 2.75) is 31.9 Å². The molecular formula is C20H22N2O3. The summed E-state index contributed by atoms with van der Waals surface area (Å²) >= 11 is 0. The SMILES string of the molecule is CC1(C(=O)Nc2ccccc2)CCCN1C(=O)OCc1ccccc1. The van der Waals surface area contributed by atoms with Crippen molar-refractivity contribution < 1.29 is 14.3 Å². The van der Waals surface area contributed by atoms with E-state index < -0.39 is 11.6 Å². The van der Waals surface area contributed by atoms with Gasteiger partial charge in [-0.05, 0) is 37.5 Å². The van der Waals surface area contributed by atoms with Crippen molar-refractivity contribution in [2.75, 3.05) is 11.9 Å². The van der Waals surface area contributed by atoms with Gasteiger partial charge in [-0.1, -0.05) is 48.5 Å². The molecule has 0 spiro atoms. The van der Waals surface area contributed by atoms with Crippen LogP contribution in [0, 0.1) is 0 Å². The van der Waals surface area contributed by atoms with Gasteiger partial charge < -0.3 is 10.1 Å². The molecule has 0 radical (unpaired) electrons. The first-order chi connectivity index (χ1) is 12.1. The summed E-state index contributed by atoms with van der Waals surface area (Å²) < 4.78 is 5.41. The molecule has 0 aliphatic carbocycles. The lowest BCUT2D eigenvalue weighted by Gasteiger charge is -2.33. The molecule has 1 aliphatic heterocycles. The third kappa shape index (κ3) is 3.82. The van der Waals surface area contributed by atoms with Gasteiger partial charge in [0.05, 0.1) is 0 Å². The molecule has 130 valence electrons. The van der Waals surface area contributed by atoms with E-state index in [4.69, 9.17) is 4.74 Å². The van der Waals surface area contributed by atoms with Gasteiger partial charge in [-0.25, -0.2) is 4.79 Å². The highest BCUT2D eigenvalue weighted by molar-refractivity contribution is 6.00. The summed E-state index contributed by atoms with van der Waals surface area (Å²) in [5.74, 6) is -0.187. The quantitative estimate of drug-likeness (QED) is 0.922. The van der Waals surface area contributed by atoms with Crippen LogP contribution in [-0.4, -0.2) is 29.0 Å². The van der Waals surface area contributed by atoms with Gasteiger partial charge >= 0.3 is 6.09 Å². The predicted molar refractivity (Wildman–Crippen MR) is 96.0 cm³/mol. The van der Waals surface area contributed by atoms with Gasteiger partial charge in [0.1, 0.15) is 12.1 Å². The fraction of sp³-hybridized carbons (Fsp3) is 0.300. The van der Waals surface area contributed by atoms with Crippen LogP contribution in [0.5, 0.6) is 0 Å². The lowest BCUT2D eigenvalue weighted by Crippen LogP contribution is -2.53. The average molecular weight is 338 g/mol. The monoisotopic (exact) mass is 338 g/mol.